The predicted molar refractivity (Wildman–Crippen MR) is 108 cm³/mol. The summed E-state index contributed by atoms with van der Waals surface area (Å²) in [6.45, 7) is 4.54. The van der Waals surface area contributed by atoms with Crippen LogP contribution in [0, 0.1) is 11.7 Å². The van der Waals surface area contributed by atoms with E-state index in [4.69, 9.17) is 0 Å². The molecule has 0 saturated carbocycles. The van der Waals surface area contributed by atoms with Crippen LogP contribution in [0.25, 0.3) is 0 Å². The molecule has 0 aromatic heterocycles. The summed E-state index contributed by atoms with van der Waals surface area (Å²) < 4.78 is 40.3. The molecule has 29 heavy (non-hydrogen) atoms. The number of hydrogen-bond donors (Lipinski definition) is 0. The third kappa shape index (κ3) is 4.64. The molecular formula is C21H30FN3O3S. The highest BCUT2D eigenvalue weighted by atomic mass is 32.2. The molecule has 1 atom stereocenters. The van der Waals surface area contributed by atoms with E-state index in [-0.39, 0.29) is 16.7 Å². The summed E-state index contributed by atoms with van der Waals surface area (Å²) in [4.78, 5) is 17.3. The number of nitrogens with zero attached hydrogens (tertiary/aromatic N) is 3. The van der Waals surface area contributed by atoms with Crippen molar-refractivity contribution in [1.82, 2.24) is 14.1 Å². The average molecular weight is 424 g/mol. The number of carbonyl (C=O) groups excluding carboxylic acids is 1. The second-order valence-corrected chi connectivity index (χ2v) is 10.5. The minimum absolute atomic E-state index is 0.00243. The Balaban J connectivity index is 1.29. The normalized spacial score (nSPS) is 25.0. The number of piperazine rings is 1. The molecular weight excluding hydrogens is 393 g/mol. The van der Waals surface area contributed by atoms with Gasteiger partial charge in [0.15, 0.2) is 0 Å². The fourth-order valence-corrected chi connectivity index (χ4v) is 6.39. The van der Waals surface area contributed by atoms with Crippen LogP contribution in [-0.4, -0.2) is 73.7 Å². The molecule has 1 amide bonds. The summed E-state index contributed by atoms with van der Waals surface area (Å²) in [6.07, 6.45) is 5.54. The fraction of sp³-hybridized carbons (Fsp3) is 0.667. The van der Waals surface area contributed by atoms with Gasteiger partial charge in [0.05, 0.1) is 4.90 Å². The Morgan fingerprint density at radius 3 is 2.59 bits per heavy atom. The van der Waals surface area contributed by atoms with Gasteiger partial charge in [0.1, 0.15) is 5.82 Å². The van der Waals surface area contributed by atoms with Crippen LogP contribution in [0.1, 0.15) is 38.5 Å². The number of benzene rings is 1. The van der Waals surface area contributed by atoms with Gasteiger partial charge in [-0.05, 0) is 56.3 Å². The van der Waals surface area contributed by atoms with Crippen LogP contribution in [0.2, 0.25) is 0 Å². The Hall–Kier alpha value is -1.51. The zero-order valence-corrected chi connectivity index (χ0v) is 17.6. The van der Waals surface area contributed by atoms with E-state index < -0.39 is 15.8 Å². The Labute approximate surface area is 172 Å². The van der Waals surface area contributed by atoms with E-state index in [1.807, 2.05) is 4.90 Å². The molecule has 0 N–H and O–H groups in total. The van der Waals surface area contributed by atoms with Crippen LogP contribution in [0.15, 0.2) is 29.2 Å². The fourth-order valence-electron chi connectivity index (χ4n) is 4.89. The molecule has 0 radical (unpaired) electrons. The van der Waals surface area contributed by atoms with E-state index in [0.717, 1.165) is 32.2 Å². The van der Waals surface area contributed by atoms with Gasteiger partial charge in [-0.15, -0.1) is 0 Å². The first-order valence-corrected chi connectivity index (χ1v) is 12.1. The van der Waals surface area contributed by atoms with Crippen LogP contribution in [0.4, 0.5) is 4.39 Å². The van der Waals surface area contributed by atoms with Gasteiger partial charge in [-0.1, -0.05) is 12.5 Å². The lowest BCUT2D eigenvalue weighted by atomic mass is 9.93. The summed E-state index contributed by atoms with van der Waals surface area (Å²) in [7, 11) is -3.68. The average Bonchev–Trinajstić information content (AvgIpc) is 2.74. The highest BCUT2D eigenvalue weighted by Gasteiger charge is 2.34. The van der Waals surface area contributed by atoms with Gasteiger partial charge in [0.2, 0.25) is 15.9 Å². The molecule has 3 heterocycles. The van der Waals surface area contributed by atoms with Crippen LogP contribution in [0.3, 0.4) is 0 Å². The van der Waals surface area contributed by atoms with E-state index in [9.17, 15) is 17.6 Å². The third-order valence-electron chi connectivity index (χ3n) is 6.66. The van der Waals surface area contributed by atoms with Crippen molar-refractivity contribution >= 4 is 15.9 Å². The zero-order chi connectivity index (χ0) is 20.4. The second-order valence-electron chi connectivity index (χ2n) is 8.53. The second kappa shape index (κ2) is 8.70. The molecule has 8 heteroatoms. The van der Waals surface area contributed by atoms with E-state index >= 15 is 0 Å². The maximum Gasteiger partial charge on any atom is 0.243 e. The minimum Gasteiger partial charge on any atom is -0.340 e. The number of rotatable bonds is 4. The van der Waals surface area contributed by atoms with Crippen LogP contribution in [0.5, 0.6) is 0 Å². The number of sulfonamides is 1. The SMILES string of the molecule is O=C(CC1CCN(S(=O)(=O)c2cccc(F)c2)CC1)N1CCN2CCCC[C@@H]2C1. The summed E-state index contributed by atoms with van der Waals surface area (Å²) in [5, 5.41) is 0. The lowest BCUT2D eigenvalue weighted by Crippen LogP contribution is -2.56. The quantitative estimate of drug-likeness (QED) is 0.746. The Morgan fingerprint density at radius 1 is 1.03 bits per heavy atom. The van der Waals surface area contributed by atoms with Crippen molar-refractivity contribution < 1.29 is 17.6 Å². The number of amides is 1. The number of fused-ring (bicyclic) bond motifs is 1. The number of hydrogen-bond acceptors (Lipinski definition) is 4. The van der Waals surface area contributed by atoms with Crippen molar-refractivity contribution in [2.45, 2.75) is 49.5 Å². The summed E-state index contributed by atoms with van der Waals surface area (Å²) in [5.41, 5.74) is 0. The molecule has 3 saturated heterocycles. The van der Waals surface area contributed by atoms with Gasteiger partial charge in [-0.3, -0.25) is 9.69 Å². The van der Waals surface area contributed by atoms with Crippen LogP contribution < -0.4 is 0 Å². The predicted octanol–water partition coefficient (Wildman–Crippen LogP) is 2.31. The highest BCUT2D eigenvalue weighted by molar-refractivity contribution is 7.89. The largest absolute Gasteiger partial charge is 0.340 e. The van der Waals surface area contributed by atoms with Gasteiger partial charge in [-0.25, -0.2) is 12.8 Å². The monoisotopic (exact) mass is 423 g/mol. The van der Waals surface area contributed by atoms with Crippen molar-refractivity contribution in [3.63, 3.8) is 0 Å². The molecule has 3 fully saturated rings. The van der Waals surface area contributed by atoms with Gasteiger partial charge in [0.25, 0.3) is 0 Å². The van der Waals surface area contributed by atoms with Crippen LogP contribution >= 0.6 is 0 Å². The summed E-state index contributed by atoms with van der Waals surface area (Å²) in [5.74, 6) is -0.128. The van der Waals surface area contributed by atoms with Gasteiger partial charge < -0.3 is 4.90 Å². The lowest BCUT2D eigenvalue weighted by Gasteiger charge is -2.44. The van der Waals surface area contributed by atoms with E-state index in [1.165, 1.54) is 41.8 Å². The highest BCUT2D eigenvalue weighted by Crippen LogP contribution is 2.27. The van der Waals surface area contributed by atoms with E-state index in [2.05, 4.69) is 4.90 Å². The molecule has 0 aliphatic carbocycles. The molecule has 0 unspecified atom stereocenters. The Kier molecular flexibility index (Phi) is 6.22. The molecule has 1 aromatic rings. The summed E-state index contributed by atoms with van der Waals surface area (Å²) >= 11 is 0. The minimum atomic E-state index is -3.68. The molecule has 3 aliphatic rings. The van der Waals surface area contributed by atoms with Crippen molar-refractivity contribution in [2.24, 2.45) is 5.92 Å². The van der Waals surface area contributed by atoms with Crippen molar-refractivity contribution in [3.05, 3.63) is 30.1 Å². The standard InChI is InChI=1S/C21H30FN3O3S/c22-18-4-3-6-20(15-18)29(27,28)25-10-7-17(8-11-25)14-21(26)24-13-12-23-9-2-1-5-19(23)16-24/h3-4,6,15,17,19H,1-2,5,7-14,16H2/t19-/m1/s1. The maximum atomic E-state index is 13.4. The molecule has 6 nitrogen and oxygen atoms in total. The van der Waals surface area contributed by atoms with Gasteiger partial charge >= 0.3 is 0 Å². The summed E-state index contributed by atoms with van der Waals surface area (Å²) in [6, 6.07) is 5.66. The first-order valence-electron chi connectivity index (χ1n) is 10.7. The van der Waals surface area contributed by atoms with Crippen molar-refractivity contribution in [2.75, 3.05) is 39.3 Å². The topological polar surface area (TPSA) is 60.9 Å². The van der Waals surface area contributed by atoms with Crippen molar-refractivity contribution in [1.29, 1.82) is 0 Å². The smallest absolute Gasteiger partial charge is 0.243 e. The van der Waals surface area contributed by atoms with Crippen molar-refractivity contribution in [3.8, 4) is 0 Å². The zero-order valence-electron chi connectivity index (χ0n) is 16.8. The first-order chi connectivity index (χ1) is 13.9. The van der Waals surface area contributed by atoms with E-state index in [1.54, 1.807) is 0 Å². The van der Waals surface area contributed by atoms with Gasteiger partial charge in [0, 0.05) is 45.2 Å². The number of carbonyl (C=O) groups is 1. The molecule has 4 rings (SSSR count). The number of piperidine rings is 2. The molecule has 160 valence electrons. The maximum absolute atomic E-state index is 13.4. The molecule has 0 bridgehead atoms. The van der Waals surface area contributed by atoms with E-state index in [0.29, 0.717) is 38.4 Å². The molecule has 3 aliphatic heterocycles. The molecule has 1 aromatic carbocycles. The van der Waals surface area contributed by atoms with Gasteiger partial charge in [-0.2, -0.15) is 4.31 Å². The van der Waals surface area contributed by atoms with Crippen LogP contribution in [-0.2, 0) is 14.8 Å². The third-order valence-corrected chi connectivity index (χ3v) is 8.56. The Morgan fingerprint density at radius 2 is 1.83 bits per heavy atom. The first kappa shape index (κ1) is 20.8. The molecule has 0 spiro atoms. The lowest BCUT2D eigenvalue weighted by molar-refractivity contribution is -0.136. The Bertz CT molecular complexity index is 839. The number of halogens is 1.